The topological polar surface area (TPSA) is 65.1 Å². The second-order valence-corrected chi connectivity index (χ2v) is 6.46. The second-order valence-electron chi connectivity index (χ2n) is 6.46. The number of H-pyrrole nitrogens is 1. The van der Waals surface area contributed by atoms with Crippen LogP contribution in [0.15, 0.2) is 60.7 Å². The number of fused-ring (bicyclic) bond motifs is 1. The fourth-order valence-electron chi connectivity index (χ4n) is 3.19. The summed E-state index contributed by atoms with van der Waals surface area (Å²) in [4.78, 5) is 13.9. The van der Waals surface area contributed by atoms with Crippen LogP contribution < -0.4 is 5.32 Å². The van der Waals surface area contributed by atoms with Gasteiger partial charge >= 0.3 is 5.97 Å². The van der Waals surface area contributed by atoms with Crippen LogP contribution >= 0.6 is 0 Å². The Bertz CT molecular complexity index is 908. The molecule has 0 fully saturated rings. The summed E-state index contributed by atoms with van der Waals surface area (Å²) in [5.74, 6) is -0.906. The highest BCUT2D eigenvalue weighted by Gasteiger charge is 2.07. The molecule has 0 aliphatic rings. The van der Waals surface area contributed by atoms with Gasteiger partial charge in [0.2, 0.25) is 0 Å². The lowest BCUT2D eigenvalue weighted by atomic mass is 10.1. The van der Waals surface area contributed by atoms with Crippen molar-refractivity contribution in [1.82, 2.24) is 10.3 Å². The van der Waals surface area contributed by atoms with Crippen molar-refractivity contribution in [3.05, 3.63) is 83.1 Å². The van der Waals surface area contributed by atoms with Crippen LogP contribution in [0.2, 0.25) is 0 Å². The highest BCUT2D eigenvalue weighted by molar-refractivity contribution is 5.84. The highest BCUT2D eigenvalue weighted by atomic mass is 16.4. The molecule has 134 valence electrons. The number of nitrogens with one attached hydrogen (secondary N) is 2. The van der Waals surface area contributed by atoms with E-state index >= 15 is 0 Å². The minimum absolute atomic E-state index is 0.639. The van der Waals surface area contributed by atoms with Crippen LogP contribution in [0.4, 0.5) is 0 Å². The zero-order chi connectivity index (χ0) is 18.4. The van der Waals surface area contributed by atoms with E-state index in [1.165, 1.54) is 33.8 Å². The summed E-state index contributed by atoms with van der Waals surface area (Å²) in [6.07, 6.45) is 4.48. The van der Waals surface area contributed by atoms with E-state index in [1.54, 1.807) is 6.08 Å². The van der Waals surface area contributed by atoms with Crippen molar-refractivity contribution in [3.63, 3.8) is 0 Å². The van der Waals surface area contributed by atoms with Crippen LogP contribution in [0.3, 0.4) is 0 Å². The maximum Gasteiger partial charge on any atom is 0.327 e. The molecule has 0 spiro atoms. The molecule has 2 aromatic carbocycles. The number of para-hydroxylation sites is 1. The SMILES string of the molecule is Cc1[nH]c2ccccc2c1CCNCc1ccc(C/C=C/C(=O)O)cc1. The third-order valence-corrected chi connectivity index (χ3v) is 4.54. The van der Waals surface area contributed by atoms with Crippen molar-refractivity contribution in [2.45, 2.75) is 26.3 Å². The number of benzene rings is 2. The normalized spacial score (nSPS) is 11.4. The number of allylic oxidation sites excluding steroid dienone is 1. The van der Waals surface area contributed by atoms with Gasteiger partial charge in [-0.15, -0.1) is 0 Å². The zero-order valence-corrected chi connectivity index (χ0v) is 15.0. The van der Waals surface area contributed by atoms with E-state index in [0.717, 1.165) is 25.1 Å². The Labute approximate surface area is 153 Å². The number of hydrogen-bond donors (Lipinski definition) is 3. The lowest BCUT2D eigenvalue weighted by molar-refractivity contribution is -0.131. The van der Waals surface area contributed by atoms with Crippen molar-refractivity contribution in [1.29, 1.82) is 0 Å². The molecule has 0 amide bonds. The van der Waals surface area contributed by atoms with E-state index in [4.69, 9.17) is 5.11 Å². The Morgan fingerprint density at radius 2 is 1.85 bits per heavy atom. The molecular formula is C22H24N2O2. The second kappa shape index (κ2) is 8.50. The molecule has 3 rings (SSSR count). The predicted octanol–water partition coefficient (Wildman–Crippen LogP) is 3.99. The highest BCUT2D eigenvalue weighted by Crippen LogP contribution is 2.21. The van der Waals surface area contributed by atoms with Crippen LogP contribution in [-0.2, 0) is 24.2 Å². The van der Waals surface area contributed by atoms with Gasteiger partial charge < -0.3 is 15.4 Å². The van der Waals surface area contributed by atoms with Crippen LogP contribution in [0, 0.1) is 6.92 Å². The molecule has 1 aromatic heterocycles. The first-order chi connectivity index (χ1) is 12.6. The van der Waals surface area contributed by atoms with Crippen LogP contribution in [0.1, 0.15) is 22.4 Å². The van der Waals surface area contributed by atoms with Crippen LogP contribution in [0.25, 0.3) is 10.9 Å². The fourth-order valence-corrected chi connectivity index (χ4v) is 3.19. The van der Waals surface area contributed by atoms with E-state index in [0.29, 0.717) is 6.42 Å². The number of aryl methyl sites for hydroxylation is 1. The lowest BCUT2D eigenvalue weighted by Gasteiger charge is -2.06. The minimum Gasteiger partial charge on any atom is -0.478 e. The Kier molecular flexibility index (Phi) is 5.87. The summed E-state index contributed by atoms with van der Waals surface area (Å²) >= 11 is 0. The number of aliphatic carboxylic acids is 1. The first-order valence-corrected chi connectivity index (χ1v) is 8.87. The Morgan fingerprint density at radius 1 is 1.12 bits per heavy atom. The molecule has 0 saturated carbocycles. The van der Waals surface area contributed by atoms with Gasteiger partial charge in [0.25, 0.3) is 0 Å². The average Bonchev–Trinajstić information content (AvgIpc) is 2.95. The van der Waals surface area contributed by atoms with E-state index in [9.17, 15) is 4.79 Å². The molecule has 0 bridgehead atoms. The summed E-state index contributed by atoms with van der Waals surface area (Å²) in [6.45, 7) is 3.88. The van der Waals surface area contributed by atoms with Gasteiger partial charge in [0.15, 0.2) is 0 Å². The molecule has 0 radical (unpaired) electrons. The number of aromatic nitrogens is 1. The summed E-state index contributed by atoms with van der Waals surface area (Å²) in [5.41, 5.74) is 6.17. The molecule has 4 heteroatoms. The lowest BCUT2D eigenvalue weighted by Crippen LogP contribution is -2.16. The molecule has 0 unspecified atom stereocenters. The van der Waals surface area contributed by atoms with Gasteiger partial charge in [0.1, 0.15) is 0 Å². The van der Waals surface area contributed by atoms with Gasteiger partial charge in [-0.2, -0.15) is 0 Å². The van der Waals surface area contributed by atoms with E-state index in [2.05, 4.69) is 53.6 Å². The molecule has 1 heterocycles. The van der Waals surface area contributed by atoms with E-state index in [1.807, 2.05) is 12.1 Å². The third-order valence-electron chi connectivity index (χ3n) is 4.54. The van der Waals surface area contributed by atoms with Crippen molar-refractivity contribution < 1.29 is 9.90 Å². The molecule has 0 saturated heterocycles. The minimum atomic E-state index is -0.906. The zero-order valence-electron chi connectivity index (χ0n) is 15.0. The molecule has 4 nitrogen and oxygen atoms in total. The maximum atomic E-state index is 10.5. The van der Waals surface area contributed by atoms with Gasteiger partial charge in [-0.3, -0.25) is 0 Å². The number of aromatic amines is 1. The molecular weight excluding hydrogens is 324 g/mol. The molecule has 0 aliphatic carbocycles. The number of carbonyl (C=O) groups is 1. The van der Waals surface area contributed by atoms with Crippen molar-refractivity contribution in [2.75, 3.05) is 6.54 Å². The monoisotopic (exact) mass is 348 g/mol. The molecule has 26 heavy (non-hydrogen) atoms. The number of rotatable bonds is 8. The first kappa shape index (κ1) is 18.0. The summed E-state index contributed by atoms with van der Waals surface area (Å²) in [7, 11) is 0. The Balaban J connectivity index is 1.49. The van der Waals surface area contributed by atoms with Crippen molar-refractivity contribution >= 4 is 16.9 Å². The van der Waals surface area contributed by atoms with Gasteiger partial charge in [0, 0.05) is 29.2 Å². The van der Waals surface area contributed by atoms with Crippen molar-refractivity contribution in [2.24, 2.45) is 0 Å². The van der Waals surface area contributed by atoms with Gasteiger partial charge in [-0.1, -0.05) is 48.5 Å². The standard InChI is InChI=1S/C22H24N2O2/c1-16-19(20-6-2-3-7-21(20)24-16)13-14-23-15-18-11-9-17(10-12-18)5-4-8-22(25)26/h2-4,6-12,23-24H,5,13-15H2,1H3,(H,25,26)/b8-4+. The maximum absolute atomic E-state index is 10.5. The van der Waals surface area contributed by atoms with Gasteiger partial charge in [0.05, 0.1) is 0 Å². The van der Waals surface area contributed by atoms with Gasteiger partial charge in [-0.05, 0) is 49.1 Å². The first-order valence-electron chi connectivity index (χ1n) is 8.87. The molecule has 3 aromatic rings. The largest absolute Gasteiger partial charge is 0.478 e. The van der Waals surface area contributed by atoms with E-state index in [-0.39, 0.29) is 0 Å². The summed E-state index contributed by atoms with van der Waals surface area (Å²) in [5, 5.41) is 13.4. The average molecular weight is 348 g/mol. The summed E-state index contributed by atoms with van der Waals surface area (Å²) in [6, 6.07) is 16.7. The third kappa shape index (κ3) is 4.61. The van der Waals surface area contributed by atoms with Gasteiger partial charge in [-0.25, -0.2) is 4.79 Å². The molecule has 0 aliphatic heterocycles. The number of hydrogen-bond acceptors (Lipinski definition) is 2. The quantitative estimate of drug-likeness (QED) is 0.426. The van der Waals surface area contributed by atoms with Crippen molar-refractivity contribution in [3.8, 4) is 0 Å². The summed E-state index contributed by atoms with van der Waals surface area (Å²) < 4.78 is 0. The van der Waals surface area contributed by atoms with Crippen LogP contribution in [0.5, 0.6) is 0 Å². The molecule has 0 atom stereocenters. The van der Waals surface area contributed by atoms with Crippen LogP contribution in [-0.4, -0.2) is 22.6 Å². The van der Waals surface area contributed by atoms with E-state index < -0.39 is 5.97 Å². The number of carboxylic acid groups (broad SMARTS) is 1. The molecule has 3 N–H and O–H groups in total. The Morgan fingerprint density at radius 3 is 2.62 bits per heavy atom. The Hall–Kier alpha value is -2.85. The fraction of sp³-hybridized carbons (Fsp3) is 0.227. The predicted molar refractivity (Wildman–Crippen MR) is 105 cm³/mol. The smallest absolute Gasteiger partial charge is 0.327 e. The number of carboxylic acids is 1.